The maximum atomic E-state index is 9.09. The summed E-state index contributed by atoms with van der Waals surface area (Å²) in [7, 11) is 0. The molecule has 0 aliphatic heterocycles. The Bertz CT molecular complexity index is 852. The third kappa shape index (κ3) is 3.12. The highest BCUT2D eigenvalue weighted by Gasteiger charge is 2.12. The molecule has 0 saturated carbocycles. The van der Waals surface area contributed by atoms with E-state index in [1.54, 1.807) is 0 Å². The van der Waals surface area contributed by atoms with E-state index >= 15 is 0 Å². The number of fused-ring (bicyclic) bond motifs is 1. The summed E-state index contributed by atoms with van der Waals surface area (Å²) in [6.45, 7) is 6.64. The third-order valence-electron chi connectivity index (χ3n) is 4.47. The van der Waals surface area contributed by atoms with Crippen LogP contribution >= 0.6 is 0 Å². The zero-order valence-electron chi connectivity index (χ0n) is 13.9. The van der Waals surface area contributed by atoms with E-state index in [1.165, 1.54) is 33.4 Å². The number of hydrogen-bond acceptors (Lipinski definition) is 1. The number of benzene rings is 1. The molecule has 114 valence electrons. The number of nitriles is 1. The Morgan fingerprint density at radius 3 is 2.52 bits per heavy atom. The SMILES string of the molecule is Cc1ccc2c(Cc3cccc(C#N)c3)ccc(C(C)C)cc1-2. The van der Waals surface area contributed by atoms with Crippen LogP contribution in [0.4, 0.5) is 0 Å². The van der Waals surface area contributed by atoms with Gasteiger partial charge in [-0.15, -0.1) is 0 Å². The molecule has 0 atom stereocenters. The van der Waals surface area contributed by atoms with Gasteiger partial charge >= 0.3 is 0 Å². The Morgan fingerprint density at radius 1 is 0.957 bits per heavy atom. The maximum Gasteiger partial charge on any atom is 0.0991 e. The average molecular weight is 299 g/mol. The Kier molecular flexibility index (Phi) is 4.17. The number of aryl methyl sites for hydroxylation is 1. The molecule has 3 rings (SSSR count). The summed E-state index contributed by atoms with van der Waals surface area (Å²) in [4.78, 5) is 0. The van der Waals surface area contributed by atoms with E-state index in [9.17, 15) is 0 Å². The lowest BCUT2D eigenvalue weighted by atomic mass is 9.98. The van der Waals surface area contributed by atoms with Crippen molar-refractivity contribution in [2.24, 2.45) is 0 Å². The van der Waals surface area contributed by atoms with Crippen molar-refractivity contribution in [3.05, 3.63) is 82.4 Å². The molecule has 0 bridgehead atoms. The lowest BCUT2D eigenvalue weighted by molar-refractivity contribution is 0.868. The lowest BCUT2D eigenvalue weighted by Crippen LogP contribution is -1.90. The van der Waals surface area contributed by atoms with Gasteiger partial charge in [-0.05, 0) is 64.8 Å². The van der Waals surface area contributed by atoms with Gasteiger partial charge in [-0.25, -0.2) is 0 Å². The standard InChI is InChI=1S/C22H21N/c1-15(2)19-8-9-20(21-10-7-16(3)22(21)13-19)12-17-5-4-6-18(11-17)14-23/h4-11,13,15H,12H2,1-3H3. The molecule has 2 aliphatic rings. The molecule has 0 spiro atoms. The Labute approximate surface area is 138 Å². The van der Waals surface area contributed by atoms with E-state index in [-0.39, 0.29) is 0 Å². The Hall–Kier alpha value is -2.59. The minimum atomic E-state index is 0.509. The van der Waals surface area contributed by atoms with Gasteiger partial charge in [0.05, 0.1) is 11.6 Å². The van der Waals surface area contributed by atoms with Gasteiger partial charge in [0, 0.05) is 0 Å². The summed E-state index contributed by atoms with van der Waals surface area (Å²) in [5, 5.41) is 9.09. The maximum absolute atomic E-state index is 9.09. The smallest absolute Gasteiger partial charge is 0.0991 e. The van der Waals surface area contributed by atoms with Crippen molar-refractivity contribution < 1.29 is 0 Å². The first-order chi connectivity index (χ1) is 11.1. The molecule has 23 heavy (non-hydrogen) atoms. The van der Waals surface area contributed by atoms with E-state index in [4.69, 9.17) is 5.26 Å². The third-order valence-corrected chi connectivity index (χ3v) is 4.47. The van der Waals surface area contributed by atoms with Gasteiger partial charge < -0.3 is 0 Å². The highest BCUT2D eigenvalue weighted by Crippen LogP contribution is 2.33. The van der Waals surface area contributed by atoms with Crippen LogP contribution in [-0.4, -0.2) is 0 Å². The second-order valence-corrected chi connectivity index (χ2v) is 6.49. The summed E-state index contributed by atoms with van der Waals surface area (Å²) in [6.07, 6.45) is 0.849. The van der Waals surface area contributed by atoms with Gasteiger partial charge in [0.25, 0.3) is 0 Å². The Balaban J connectivity index is 2.08. The minimum absolute atomic E-state index is 0.509. The summed E-state index contributed by atoms with van der Waals surface area (Å²) in [5.74, 6) is 0.509. The van der Waals surface area contributed by atoms with E-state index in [2.05, 4.69) is 63.2 Å². The van der Waals surface area contributed by atoms with Crippen molar-refractivity contribution >= 4 is 0 Å². The highest BCUT2D eigenvalue weighted by molar-refractivity contribution is 5.74. The zero-order chi connectivity index (χ0) is 16.4. The molecule has 2 aliphatic carbocycles. The number of nitrogens with zero attached hydrogens (tertiary/aromatic N) is 1. The molecule has 0 amide bonds. The van der Waals surface area contributed by atoms with Gasteiger partial charge in [0.2, 0.25) is 0 Å². The van der Waals surface area contributed by atoms with Crippen LogP contribution in [-0.2, 0) is 6.42 Å². The van der Waals surface area contributed by atoms with Gasteiger partial charge in [0.1, 0.15) is 0 Å². The van der Waals surface area contributed by atoms with Crippen molar-refractivity contribution in [1.29, 1.82) is 5.26 Å². The predicted octanol–water partition coefficient (Wildman–Crippen LogP) is 5.69. The molecule has 0 fully saturated rings. The van der Waals surface area contributed by atoms with E-state index in [0.717, 1.165) is 12.0 Å². The molecule has 0 N–H and O–H groups in total. The van der Waals surface area contributed by atoms with Gasteiger partial charge in [-0.2, -0.15) is 5.26 Å². The van der Waals surface area contributed by atoms with E-state index < -0.39 is 0 Å². The zero-order valence-corrected chi connectivity index (χ0v) is 13.9. The number of rotatable bonds is 3. The topological polar surface area (TPSA) is 23.8 Å². The van der Waals surface area contributed by atoms with Crippen molar-refractivity contribution in [1.82, 2.24) is 0 Å². The molecular formula is C22H21N. The number of hydrogen-bond donors (Lipinski definition) is 0. The second kappa shape index (κ2) is 6.26. The molecule has 0 aromatic heterocycles. The molecule has 0 unspecified atom stereocenters. The molecule has 1 aromatic carbocycles. The summed E-state index contributed by atoms with van der Waals surface area (Å²) in [6, 6.07) is 21.4. The van der Waals surface area contributed by atoms with Crippen LogP contribution in [0.2, 0.25) is 0 Å². The van der Waals surface area contributed by atoms with Gasteiger partial charge in [-0.1, -0.05) is 56.3 Å². The molecule has 1 nitrogen and oxygen atoms in total. The quantitative estimate of drug-likeness (QED) is 0.610. The normalized spacial score (nSPS) is 10.9. The highest BCUT2D eigenvalue weighted by atomic mass is 14.2. The molecule has 0 saturated heterocycles. The first kappa shape index (κ1) is 15.3. The van der Waals surface area contributed by atoms with Gasteiger partial charge in [-0.3, -0.25) is 0 Å². The predicted molar refractivity (Wildman–Crippen MR) is 95.9 cm³/mol. The summed E-state index contributed by atoms with van der Waals surface area (Å²) >= 11 is 0. The second-order valence-electron chi connectivity index (χ2n) is 6.49. The van der Waals surface area contributed by atoms with E-state index in [1.807, 2.05) is 18.2 Å². The summed E-state index contributed by atoms with van der Waals surface area (Å²) < 4.78 is 0. The van der Waals surface area contributed by atoms with Crippen molar-refractivity contribution in [2.45, 2.75) is 33.1 Å². The van der Waals surface area contributed by atoms with Crippen LogP contribution < -0.4 is 0 Å². The average Bonchev–Trinajstić information content (AvgIpc) is 2.79. The first-order valence-corrected chi connectivity index (χ1v) is 8.09. The van der Waals surface area contributed by atoms with Crippen LogP contribution in [0.5, 0.6) is 0 Å². The van der Waals surface area contributed by atoms with Crippen molar-refractivity contribution in [2.75, 3.05) is 0 Å². The monoisotopic (exact) mass is 299 g/mol. The fourth-order valence-electron chi connectivity index (χ4n) is 3.06. The van der Waals surface area contributed by atoms with Crippen LogP contribution in [0, 0.1) is 18.3 Å². The fourth-order valence-corrected chi connectivity index (χ4v) is 3.06. The molecule has 1 heteroatoms. The fraction of sp³-hybridized carbons (Fsp3) is 0.227. The lowest BCUT2D eigenvalue weighted by Gasteiger charge is -2.06. The molecule has 0 heterocycles. The van der Waals surface area contributed by atoms with Crippen LogP contribution in [0.15, 0.2) is 54.6 Å². The molecule has 1 aromatic rings. The van der Waals surface area contributed by atoms with Gasteiger partial charge in [0.15, 0.2) is 0 Å². The van der Waals surface area contributed by atoms with Crippen LogP contribution in [0.25, 0.3) is 11.1 Å². The largest absolute Gasteiger partial charge is 0.192 e. The Morgan fingerprint density at radius 2 is 1.78 bits per heavy atom. The van der Waals surface area contributed by atoms with Crippen LogP contribution in [0.1, 0.15) is 47.6 Å². The molecular weight excluding hydrogens is 278 g/mol. The minimum Gasteiger partial charge on any atom is -0.192 e. The van der Waals surface area contributed by atoms with Crippen LogP contribution in [0.3, 0.4) is 0 Å². The van der Waals surface area contributed by atoms with Crippen molar-refractivity contribution in [3.8, 4) is 17.2 Å². The first-order valence-electron chi connectivity index (χ1n) is 8.09. The summed E-state index contributed by atoms with van der Waals surface area (Å²) in [5.41, 5.74) is 8.56. The van der Waals surface area contributed by atoms with E-state index in [0.29, 0.717) is 5.92 Å². The molecule has 0 radical (unpaired) electrons. The van der Waals surface area contributed by atoms with Crippen molar-refractivity contribution in [3.63, 3.8) is 0 Å².